The van der Waals surface area contributed by atoms with Crippen LogP contribution in [0, 0.1) is 35.5 Å². The first kappa shape index (κ1) is 82.7. The van der Waals surface area contributed by atoms with Crippen LogP contribution in [0.25, 0.3) is 0 Å². The quantitative estimate of drug-likeness (QED) is 0.101. The molecule has 3 aliphatic carbocycles. The molecule has 3 unspecified atom stereocenters. The SMILES string of the molecule is C.CC(C)(C)OC(=O)N1CCc2c(C(=O)N3C[C@H]4CC(c5ccccc5C(F)(F)F)C[C@H]4C3)n[nH]c2C1.CC(C)(C)OC(=O)N1CCc2cn[nH]c2C1.Cl.Cl.FC(F)(F)c1ccccc1C1C[C@H]2CNC[C@H]2C1.O=C(c1n[nH]c2c1CCNC2)N1C[C@H]2CC(c3ccccc3C(F)(F)F)C[C@H]2C1.O=C=O.[HH]. The predicted molar refractivity (Wildman–Crippen MR) is 376 cm³/mol. The van der Waals surface area contributed by atoms with Gasteiger partial charge in [-0.15, -0.1) is 24.8 Å². The molecule has 20 nitrogen and oxygen atoms in total. The van der Waals surface area contributed by atoms with Gasteiger partial charge in [0.2, 0.25) is 0 Å². The van der Waals surface area contributed by atoms with Crippen LogP contribution in [0.3, 0.4) is 0 Å². The molecular weight excluding hydrogens is 1430 g/mol. The van der Waals surface area contributed by atoms with Crippen LogP contribution in [-0.4, -0.2) is 150 Å². The van der Waals surface area contributed by atoms with E-state index in [0.29, 0.717) is 131 Å². The summed E-state index contributed by atoms with van der Waals surface area (Å²) >= 11 is 0. The van der Waals surface area contributed by atoms with Gasteiger partial charge < -0.3 is 39.7 Å². The number of likely N-dealkylation sites (tertiary alicyclic amines) is 2. The maximum absolute atomic E-state index is 13.5. The second kappa shape index (κ2) is 33.9. The predicted octanol–water partition coefficient (Wildman–Crippen LogP) is 14.6. The summed E-state index contributed by atoms with van der Waals surface area (Å²) in [5, 5.41) is 27.9. The second-order valence-electron chi connectivity index (χ2n) is 30.1. The van der Waals surface area contributed by atoms with Crippen molar-refractivity contribution in [3.63, 3.8) is 0 Å². The number of ether oxygens (including phenoxy) is 2. The number of aromatic nitrogens is 6. The Balaban J connectivity index is 0.000000201. The summed E-state index contributed by atoms with van der Waals surface area (Å²) in [7, 11) is 0. The number of aromatic amines is 3. The number of carbonyl (C=O) groups excluding carboxylic acids is 6. The number of rotatable bonds is 5. The normalized spacial score (nSPS) is 23.4. The lowest BCUT2D eigenvalue weighted by atomic mass is 9.91. The van der Waals surface area contributed by atoms with Gasteiger partial charge >= 0.3 is 36.9 Å². The Hall–Kier alpha value is -7.98. The number of hydrogen-bond acceptors (Lipinski definition) is 13. The van der Waals surface area contributed by atoms with Gasteiger partial charge in [0.15, 0.2) is 11.4 Å². The Morgan fingerprint density at radius 3 is 1.25 bits per heavy atom. The lowest BCUT2D eigenvalue weighted by Gasteiger charge is -2.30. The van der Waals surface area contributed by atoms with E-state index in [-0.39, 0.29) is 99.2 Å². The number of carbonyl (C=O) groups is 4. The van der Waals surface area contributed by atoms with Gasteiger partial charge in [0.1, 0.15) is 11.2 Å². The zero-order chi connectivity index (χ0) is 73.2. The Kier molecular flexibility index (Phi) is 26.7. The largest absolute Gasteiger partial charge is 0.444 e. The maximum Gasteiger partial charge on any atom is 0.416 e. The fourth-order valence-corrected chi connectivity index (χ4v) is 16.6. The number of H-pyrrole nitrogens is 3. The van der Waals surface area contributed by atoms with Crippen molar-refractivity contribution in [1.29, 1.82) is 0 Å². The van der Waals surface area contributed by atoms with Gasteiger partial charge in [0.25, 0.3) is 11.8 Å². The van der Waals surface area contributed by atoms with Gasteiger partial charge in [-0.25, -0.2) is 9.59 Å². The van der Waals surface area contributed by atoms with E-state index in [9.17, 15) is 58.7 Å². The summed E-state index contributed by atoms with van der Waals surface area (Å²) in [5.74, 6) is 1.63. The molecule has 0 bridgehead atoms. The number of amides is 4. The van der Waals surface area contributed by atoms with Crippen LogP contribution >= 0.6 is 24.8 Å². The van der Waals surface area contributed by atoms with Crippen LogP contribution in [-0.2, 0) is 76.5 Å². The van der Waals surface area contributed by atoms with E-state index in [4.69, 9.17) is 19.1 Å². The van der Waals surface area contributed by atoms with Crippen molar-refractivity contribution in [2.75, 3.05) is 58.9 Å². The molecule has 6 aliphatic heterocycles. The Morgan fingerprint density at radius 2 is 0.848 bits per heavy atom. The van der Waals surface area contributed by atoms with E-state index in [2.05, 4.69) is 41.2 Å². The molecule has 6 aromatic rings. The van der Waals surface area contributed by atoms with Gasteiger partial charge in [0, 0.05) is 58.4 Å². The van der Waals surface area contributed by atoms with Crippen LogP contribution in [0.1, 0.15) is 195 Å². The Labute approximate surface area is 618 Å². The molecule has 3 aromatic heterocycles. The molecule has 576 valence electrons. The van der Waals surface area contributed by atoms with E-state index in [1.807, 2.05) is 52.6 Å². The van der Waals surface area contributed by atoms with Gasteiger partial charge in [-0.2, -0.15) is 64.4 Å². The fraction of sp³-hybridized carbons (Fsp3) is 0.568. The van der Waals surface area contributed by atoms with Crippen molar-refractivity contribution in [3.8, 4) is 0 Å². The van der Waals surface area contributed by atoms with E-state index < -0.39 is 52.5 Å². The third-order valence-corrected chi connectivity index (χ3v) is 21.1. The number of fused-ring (bicyclic) bond motifs is 6. The smallest absolute Gasteiger partial charge is 0.416 e. The molecule has 0 radical (unpaired) electrons. The molecule has 6 fully saturated rings. The molecule has 15 rings (SSSR count). The minimum absolute atomic E-state index is 0. The lowest BCUT2D eigenvalue weighted by Crippen LogP contribution is -2.40. The highest BCUT2D eigenvalue weighted by atomic mass is 35.5. The standard InChI is InChI=1S/C26H31F3N4O3.C21H23F3N4O.C14H16F3N.C11H17N3O2.CO2.CH4.2ClH.H2/c1-25(2,3)36-24(35)32-9-8-19-21(14-32)30-31-22(19)23(34)33-12-16-10-15(11-17(16)13-33)18-6-4-5-7-20(18)26(27,28)29;22-21(23,24)17-4-2-1-3-15(17)12-7-13-10-28(11-14(13)8-12)20(29)19-16-5-6-25-9-18(16)26-27-19;15-14(16,17)13-4-2-1-3-12(13)9-5-10-7-18-8-11(10)6-9;1-11(2,3)16-10(15)14-5-4-8-6-12-13-9(8)7-14;2-1-3;;;;/h4-7,15-17H,8-14H2,1-3H3,(H,30,31);1-4,12-14,25H,5-11H2,(H,26,27);1-4,9-11,18H,5-8H2;6H,4-5,7H2,1-3H3,(H,12,13);;1H4;3*1H/t15?,16-,17+;12?,13-,14+;9?,10-,11+;;;;;;. The molecular formula is C74H95Cl2F9N12O8. The third-order valence-electron chi connectivity index (χ3n) is 21.1. The summed E-state index contributed by atoms with van der Waals surface area (Å²) in [5.41, 5.74) is 5.38. The Morgan fingerprint density at radius 1 is 0.486 bits per heavy atom. The van der Waals surface area contributed by atoms with Crippen molar-refractivity contribution in [1.82, 2.24) is 60.8 Å². The Bertz CT molecular complexity index is 3980. The number of nitrogens with one attached hydrogen (secondary N) is 5. The topological polar surface area (TPSA) is 244 Å². The zero-order valence-electron chi connectivity index (χ0n) is 58.7. The van der Waals surface area contributed by atoms with Gasteiger partial charge in [-0.1, -0.05) is 62.0 Å². The zero-order valence-corrected chi connectivity index (χ0v) is 60.3. The van der Waals surface area contributed by atoms with Gasteiger partial charge in [0.05, 0.1) is 53.1 Å². The highest BCUT2D eigenvalue weighted by molar-refractivity contribution is 5.95. The summed E-state index contributed by atoms with van der Waals surface area (Å²) in [6.45, 7) is 18.8. The van der Waals surface area contributed by atoms with E-state index in [0.717, 1.165) is 79.6 Å². The minimum atomic E-state index is -4.37. The number of halogens is 11. The van der Waals surface area contributed by atoms with Crippen LogP contribution < -0.4 is 10.6 Å². The first-order valence-corrected chi connectivity index (χ1v) is 34.8. The van der Waals surface area contributed by atoms with Crippen molar-refractivity contribution >= 4 is 55.0 Å². The van der Waals surface area contributed by atoms with Gasteiger partial charge in [-0.05, 0) is 213 Å². The van der Waals surface area contributed by atoms with Crippen LogP contribution in [0.4, 0.5) is 49.1 Å². The second-order valence-corrected chi connectivity index (χ2v) is 30.1. The number of nitrogens with zero attached hydrogens (tertiary/aromatic N) is 7. The summed E-state index contributed by atoms with van der Waals surface area (Å²) in [4.78, 5) is 73.8. The molecule has 105 heavy (non-hydrogen) atoms. The van der Waals surface area contributed by atoms with E-state index in [1.165, 1.54) is 35.9 Å². The first-order valence-electron chi connectivity index (χ1n) is 34.8. The van der Waals surface area contributed by atoms with E-state index >= 15 is 0 Å². The average molecular weight is 1520 g/mol. The van der Waals surface area contributed by atoms with Crippen molar-refractivity contribution in [2.24, 2.45) is 35.5 Å². The maximum atomic E-state index is 13.5. The van der Waals surface area contributed by atoms with Crippen molar-refractivity contribution in [2.45, 2.75) is 174 Å². The van der Waals surface area contributed by atoms with Crippen LogP contribution in [0.15, 0.2) is 79.0 Å². The lowest BCUT2D eigenvalue weighted by molar-refractivity contribution is -0.191. The van der Waals surface area contributed by atoms with Crippen molar-refractivity contribution < 1.29 is 79.2 Å². The number of benzene rings is 3. The molecule has 5 N–H and O–H groups in total. The monoisotopic (exact) mass is 1520 g/mol. The number of alkyl halides is 9. The molecule has 9 atom stereocenters. The molecule has 4 amide bonds. The fourth-order valence-electron chi connectivity index (χ4n) is 16.6. The van der Waals surface area contributed by atoms with E-state index in [1.54, 1.807) is 51.1 Å². The summed E-state index contributed by atoms with van der Waals surface area (Å²) in [6, 6.07) is 17.8. The molecule has 9 aliphatic rings. The highest BCUT2D eigenvalue weighted by Crippen LogP contribution is 2.52. The molecule has 31 heteroatoms. The summed E-state index contributed by atoms with van der Waals surface area (Å²) < 4.78 is 130. The van der Waals surface area contributed by atoms with Crippen LogP contribution in [0.5, 0.6) is 0 Å². The average Bonchev–Trinajstić information content (AvgIpc) is 1.62. The third kappa shape index (κ3) is 19.6. The molecule has 9 heterocycles. The molecule has 3 saturated carbocycles. The molecule has 3 aromatic carbocycles. The molecule has 3 saturated heterocycles. The van der Waals surface area contributed by atoms with Crippen molar-refractivity contribution in [3.05, 3.63) is 158 Å². The number of hydrogen-bond donors (Lipinski definition) is 5. The first-order chi connectivity index (χ1) is 48.2. The minimum Gasteiger partial charge on any atom is -0.444 e. The van der Waals surface area contributed by atoms with Gasteiger partial charge in [-0.3, -0.25) is 24.9 Å². The molecule has 0 spiro atoms. The van der Waals surface area contributed by atoms with Crippen LogP contribution in [0.2, 0.25) is 0 Å². The highest BCUT2D eigenvalue weighted by Gasteiger charge is 2.49. The summed E-state index contributed by atoms with van der Waals surface area (Å²) in [6.07, 6.45) is -4.91.